The number of benzene rings is 3. The summed E-state index contributed by atoms with van der Waals surface area (Å²) in [6, 6.07) is 20.9. The number of fused-ring (bicyclic) bond motifs is 3. The van der Waals surface area contributed by atoms with Crippen LogP contribution in [0.4, 0.5) is 0 Å². The molecule has 5 nitrogen and oxygen atoms in total. The molecular weight excluding hydrogens is 368 g/mol. The van der Waals surface area contributed by atoms with E-state index in [1.54, 1.807) is 60.7 Å². The average Bonchev–Trinajstić information content (AvgIpc) is 2.74. The minimum absolute atomic E-state index is 0.234. The first kappa shape index (κ1) is 17.5. The van der Waals surface area contributed by atoms with Gasteiger partial charge in [-0.05, 0) is 36.8 Å². The van der Waals surface area contributed by atoms with Crippen molar-refractivity contribution in [1.29, 1.82) is 0 Å². The van der Waals surface area contributed by atoms with Gasteiger partial charge >= 0.3 is 11.6 Å². The highest BCUT2D eigenvalue weighted by Crippen LogP contribution is 2.53. The van der Waals surface area contributed by atoms with E-state index in [1.807, 2.05) is 31.2 Å². The van der Waals surface area contributed by atoms with Crippen LogP contribution < -0.4 is 14.2 Å². The summed E-state index contributed by atoms with van der Waals surface area (Å²) in [4.78, 5) is 13.4. The fourth-order valence-corrected chi connectivity index (χ4v) is 3.77. The highest BCUT2D eigenvalue weighted by Gasteiger charge is 2.70. The topological polar surface area (TPSA) is 65.0 Å². The molecule has 2 aliphatic heterocycles. The minimum atomic E-state index is -2.40. The van der Waals surface area contributed by atoms with Crippen LogP contribution in [0.2, 0.25) is 0 Å². The van der Waals surface area contributed by atoms with E-state index < -0.39 is 17.4 Å². The molecule has 0 saturated carbocycles. The first-order valence-corrected chi connectivity index (χ1v) is 9.33. The number of carbonyl (C=O) groups excluding carboxylic acids is 1. The van der Waals surface area contributed by atoms with Crippen molar-refractivity contribution in [2.45, 2.75) is 18.5 Å². The van der Waals surface area contributed by atoms with Crippen LogP contribution in [0.25, 0.3) is 6.08 Å². The van der Waals surface area contributed by atoms with Gasteiger partial charge in [0.05, 0.1) is 5.56 Å². The molecule has 5 rings (SSSR count). The third-order valence-corrected chi connectivity index (χ3v) is 5.13. The van der Waals surface area contributed by atoms with Crippen LogP contribution in [-0.2, 0) is 5.79 Å². The average molecular weight is 386 g/mol. The van der Waals surface area contributed by atoms with Gasteiger partial charge in [-0.25, -0.2) is 0 Å². The molecule has 0 fully saturated rings. The SMILES string of the molecule is C/C=C/c1ccc2c(c1)OC1(O)C(=O)c3ccccc3OC1(c1ccccc1)O2. The second-order valence-electron chi connectivity index (χ2n) is 6.96. The van der Waals surface area contributed by atoms with Crippen LogP contribution in [0.15, 0.2) is 78.9 Å². The summed E-state index contributed by atoms with van der Waals surface area (Å²) in [5, 5.41) is 11.6. The Hall–Kier alpha value is -3.57. The minimum Gasteiger partial charge on any atom is -0.444 e. The van der Waals surface area contributed by atoms with Crippen LogP contribution in [0.3, 0.4) is 0 Å². The van der Waals surface area contributed by atoms with Gasteiger partial charge in [-0.1, -0.05) is 60.7 Å². The quantitative estimate of drug-likeness (QED) is 0.711. The maximum Gasteiger partial charge on any atom is 0.357 e. The molecule has 3 aromatic rings. The Morgan fingerprint density at radius 1 is 0.828 bits per heavy atom. The third kappa shape index (κ3) is 2.41. The fourth-order valence-electron chi connectivity index (χ4n) is 3.77. The highest BCUT2D eigenvalue weighted by molar-refractivity contribution is 6.06. The van der Waals surface area contributed by atoms with Crippen molar-refractivity contribution >= 4 is 11.9 Å². The summed E-state index contributed by atoms with van der Waals surface area (Å²) in [6.07, 6.45) is 3.78. The van der Waals surface area contributed by atoms with Crippen molar-refractivity contribution in [3.8, 4) is 17.2 Å². The molecule has 0 aromatic heterocycles. The molecule has 29 heavy (non-hydrogen) atoms. The van der Waals surface area contributed by atoms with Crippen LogP contribution in [0.5, 0.6) is 17.2 Å². The molecule has 3 aromatic carbocycles. The molecule has 2 heterocycles. The van der Waals surface area contributed by atoms with Crippen molar-refractivity contribution in [2.24, 2.45) is 0 Å². The van der Waals surface area contributed by atoms with Crippen LogP contribution in [0.1, 0.15) is 28.4 Å². The normalized spacial score (nSPS) is 24.6. The van der Waals surface area contributed by atoms with Crippen molar-refractivity contribution in [3.05, 3.63) is 95.6 Å². The zero-order valence-corrected chi connectivity index (χ0v) is 15.7. The molecular formula is C24H18O5. The summed E-state index contributed by atoms with van der Waals surface area (Å²) >= 11 is 0. The molecule has 0 spiro atoms. The predicted molar refractivity (Wildman–Crippen MR) is 107 cm³/mol. The number of ether oxygens (including phenoxy) is 3. The second kappa shape index (κ2) is 6.22. The number of para-hydroxylation sites is 1. The summed E-state index contributed by atoms with van der Waals surface area (Å²) in [5.74, 6) is -3.93. The Balaban J connectivity index is 1.76. The Morgan fingerprint density at radius 2 is 1.55 bits per heavy atom. The number of hydrogen-bond donors (Lipinski definition) is 1. The van der Waals surface area contributed by atoms with Gasteiger partial charge in [-0.15, -0.1) is 0 Å². The molecule has 0 amide bonds. The van der Waals surface area contributed by atoms with E-state index >= 15 is 0 Å². The van der Waals surface area contributed by atoms with Crippen LogP contribution in [-0.4, -0.2) is 16.7 Å². The van der Waals surface area contributed by atoms with Gasteiger partial charge in [0.1, 0.15) is 5.75 Å². The first-order chi connectivity index (χ1) is 14.1. The lowest BCUT2D eigenvalue weighted by molar-refractivity contribution is -0.316. The first-order valence-electron chi connectivity index (χ1n) is 9.33. The molecule has 144 valence electrons. The molecule has 2 atom stereocenters. The Morgan fingerprint density at radius 3 is 2.34 bits per heavy atom. The number of hydrogen-bond acceptors (Lipinski definition) is 5. The van der Waals surface area contributed by atoms with Gasteiger partial charge in [0.25, 0.3) is 0 Å². The number of carbonyl (C=O) groups is 1. The zero-order chi connectivity index (χ0) is 20.1. The van der Waals surface area contributed by atoms with Gasteiger partial charge in [-0.3, -0.25) is 4.79 Å². The number of rotatable bonds is 2. The van der Waals surface area contributed by atoms with E-state index in [-0.39, 0.29) is 11.3 Å². The molecule has 0 radical (unpaired) electrons. The van der Waals surface area contributed by atoms with E-state index in [0.717, 1.165) is 5.56 Å². The smallest absolute Gasteiger partial charge is 0.357 e. The lowest BCUT2D eigenvalue weighted by Crippen LogP contribution is -2.70. The zero-order valence-electron chi connectivity index (χ0n) is 15.7. The number of aliphatic hydroxyl groups is 1. The Labute approximate surface area is 167 Å². The lowest BCUT2D eigenvalue weighted by atomic mass is 9.85. The van der Waals surface area contributed by atoms with Crippen molar-refractivity contribution < 1.29 is 24.1 Å². The molecule has 0 aliphatic carbocycles. The highest BCUT2D eigenvalue weighted by atomic mass is 16.8. The van der Waals surface area contributed by atoms with Gasteiger partial charge < -0.3 is 19.3 Å². The summed E-state index contributed by atoms with van der Waals surface area (Å²) in [7, 11) is 0. The summed E-state index contributed by atoms with van der Waals surface area (Å²) in [6.45, 7) is 1.90. The number of ketones is 1. The maximum absolute atomic E-state index is 13.4. The van der Waals surface area contributed by atoms with Crippen molar-refractivity contribution in [1.82, 2.24) is 0 Å². The van der Waals surface area contributed by atoms with Crippen molar-refractivity contribution in [3.63, 3.8) is 0 Å². The van der Waals surface area contributed by atoms with Gasteiger partial charge in [0.15, 0.2) is 11.5 Å². The van der Waals surface area contributed by atoms with E-state index in [9.17, 15) is 9.90 Å². The molecule has 2 aliphatic rings. The molecule has 1 N–H and O–H groups in total. The van der Waals surface area contributed by atoms with Gasteiger partial charge in [0.2, 0.25) is 5.78 Å². The fraction of sp³-hybridized carbons (Fsp3) is 0.125. The van der Waals surface area contributed by atoms with Crippen LogP contribution in [0, 0.1) is 0 Å². The monoisotopic (exact) mass is 386 g/mol. The second-order valence-corrected chi connectivity index (χ2v) is 6.96. The molecule has 0 saturated heterocycles. The largest absolute Gasteiger partial charge is 0.444 e. The molecule has 2 unspecified atom stereocenters. The third-order valence-electron chi connectivity index (χ3n) is 5.13. The maximum atomic E-state index is 13.4. The summed E-state index contributed by atoms with van der Waals surface area (Å²) in [5.41, 5.74) is 1.56. The van der Waals surface area contributed by atoms with Gasteiger partial charge in [0, 0.05) is 5.56 Å². The predicted octanol–water partition coefficient (Wildman–Crippen LogP) is 4.31. The molecule has 0 bridgehead atoms. The number of allylic oxidation sites excluding steroid dienone is 1. The standard InChI is InChI=1S/C24H18O5/c1-2-8-16-13-14-20-21(15-16)27-23(26)22(25)18-11-6-7-12-19(18)28-24(23,29-20)17-9-4-3-5-10-17/h2-15,26H,1H3/b8-2+. The number of Topliss-reactive ketones (excluding diaryl/α,β-unsaturated/α-hetero) is 1. The lowest BCUT2D eigenvalue weighted by Gasteiger charge is -2.49. The van der Waals surface area contributed by atoms with Gasteiger partial charge in [-0.2, -0.15) is 0 Å². The van der Waals surface area contributed by atoms with E-state index in [1.165, 1.54) is 0 Å². The molecule has 5 heteroatoms. The Kier molecular flexibility index (Phi) is 3.76. The van der Waals surface area contributed by atoms with Crippen molar-refractivity contribution in [2.75, 3.05) is 0 Å². The van der Waals surface area contributed by atoms with E-state index in [0.29, 0.717) is 17.1 Å². The summed E-state index contributed by atoms with van der Waals surface area (Å²) < 4.78 is 18.4. The van der Waals surface area contributed by atoms with E-state index in [4.69, 9.17) is 14.2 Å². The van der Waals surface area contributed by atoms with E-state index in [2.05, 4.69) is 0 Å². The Bertz CT molecular complexity index is 1140. The van der Waals surface area contributed by atoms with Crippen LogP contribution >= 0.6 is 0 Å².